The van der Waals surface area contributed by atoms with Crippen LogP contribution < -0.4 is 10.6 Å². The van der Waals surface area contributed by atoms with Gasteiger partial charge in [-0.2, -0.15) is 0 Å². The van der Waals surface area contributed by atoms with E-state index in [-0.39, 0.29) is 29.6 Å². The summed E-state index contributed by atoms with van der Waals surface area (Å²) >= 11 is 1.63. The second kappa shape index (κ2) is 11.0. The zero-order chi connectivity index (χ0) is 28.7. The van der Waals surface area contributed by atoms with E-state index in [4.69, 9.17) is 0 Å². The number of benzene rings is 3. The van der Waals surface area contributed by atoms with Gasteiger partial charge in [-0.3, -0.25) is 14.4 Å². The minimum Gasteiger partial charge on any atom is -0.394 e. The van der Waals surface area contributed by atoms with Crippen LogP contribution in [0.5, 0.6) is 0 Å². The first kappa shape index (κ1) is 27.5. The molecule has 3 aliphatic rings. The number of hydrogen-bond donors (Lipinski definition) is 3. The molecule has 41 heavy (non-hydrogen) atoms. The number of nitrogens with one attached hydrogen (secondary N) is 2. The maximum atomic E-state index is 14.5. The third kappa shape index (κ3) is 4.73. The fraction of sp³-hybridized carbons (Fsp3) is 0.364. The Labute approximate surface area is 244 Å². The van der Waals surface area contributed by atoms with Gasteiger partial charge >= 0.3 is 0 Å². The van der Waals surface area contributed by atoms with Crippen molar-refractivity contribution in [1.82, 2.24) is 10.2 Å². The number of likely N-dealkylation sites (tertiary alicyclic amines) is 1. The smallest absolute Gasteiger partial charge is 0.248 e. The van der Waals surface area contributed by atoms with Gasteiger partial charge in [0.25, 0.3) is 0 Å². The molecule has 0 radical (unpaired) electrons. The van der Waals surface area contributed by atoms with Crippen LogP contribution in [-0.4, -0.2) is 50.4 Å². The molecule has 0 aliphatic carbocycles. The number of nitrogens with zero attached hydrogens (tertiary/aromatic N) is 1. The van der Waals surface area contributed by atoms with Crippen LogP contribution in [0.4, 0.5) is 5.69 Å². The topological polar surface area (TPSA) is 98.7 Å². The Balaban J connectivity index is 1.37. The van der Waals surface area contributed by atoms with Crippen LogP contribution in [0.3, 0.4) is 0 Å². The number of carbonyl (C=O) groups is 3. The highest BCUT2D eigenvalue weighted by Crippen LogP contribution is 2.67. The molecule has 3 amide bonds. The number of fused-ring (bicyclic) bond motifs is 1. The predicted molar refractivity (Wildman–Crippen MR) is 160 cm³/mol. The van der Waals surface area contributed by atoms with Crippen LogP contribution in [-0.2, 0) is 20.9 Å². The molecule has 3 heterocycles. The molecule has 8 heteroatoms. The van der Waals surface area contributed by atoms with Gasteiger partial charge in [0, 0.05) is 17.5 Å². The summed E-state index contributed by atoms with van der Waals surface area (Å²) in [5, 5.41) is 16.8. The Morgan fingerprint density at radius 1 is 1.02 bits per heavy atom. The lowest BCUT2D eigenvalue weighted by Crippen LogP contribution is -2.52. The lowest BCUT2D eigenvalue weighted by Gasteiger charge is -2.37. The second-order valence-corrected chi connectivity index (χ2v) is 13.0. The average Bonchev–Trinajstić information content (AvgIpc) is 3.63. The number of carbonyl (C=O) groups excluding carboxylic acids is 3. The van der Waals surface area contributed by atoms with Crippen molar-refractivity contribution in [3.63, 3.8) is 0 Å². The molecule has 6 atom stereocenters. The average molecular weight is 570 g/mol. The first-order valence-corrected chi connectivity index (χ1v) is 15.1. The molecular formula is C33H35N3O4S. The molecule has 3 N–H and O–H groups in total. The van der Waals surface area contributed by atoms with E-state index < -0.39 is 28.7 Å². The Morgan fingerprint density at radius 3 is 2.44 bits per heavy atom. The molecule has 0 aromatic heterocycles. The van der Waals surface area contributed by atoms with E-state index in [1.165, 1.54) is 0 Å². The number of amides is 3. The molecule has 7 nitrogen and oxygen atoms in total. The standard InChI is InChI=1S/C33H35N3O4S/c1-20-13-14-21(2)24(17-20)35-31(39)29-33-16-15-26(41-33)27(30(38)34-18-22-9-5-3-6-10-22)28(33)32(40)36(29)25(19-37)23-11-7-4-8-12-23/h3-14,17,25-29,37H,15-16,18-19H2,1-2H3,(H,34,38)(H,35,39)/t25-,26-,27+,28+,29?,33?/m1/s1. The van der Waals surface area contributed by atoms with Crippen LogP contribution in [0.15, 0.2) is 78.9 Å². The number of rotatable bonds is 8. The van der Waals surface area contributed by atoms with Gasteiger partial charge in [-0.25, -0.2) is 0 Å². The van der Waals surface area contributed by atoms with Gasteiger partial charge in [0.1, 0.15) is 6.04 Å². The number of anilines is 1. The molecule has 6 rings (SSSR count). The first-order chi connectivity index (χ1) is 19.8. The molecule has 3 aromatic rings. The summed E-state index contributed by atoms with van der Waals surface area (Å²) in [4.78, 5) is 44.1. The molecule has 3 saturated heterocycles. The van der Waals surface area contributed by atoms with Crippen LogP contribution in [0.1, 0.15) is 41.1 Å². The number of aliphatic hydroxyl groups excluding tert-OH is 1. The van der Waals surface area contributed by atoms with Gasteiger partial charge in [0.15, 0.2) is 0 Å². The SMILES string of the molecule is Cc1ccc(C)c(NC(=O)C2N([C@H](CO)c3ccccc3)C(=O)[C@@H]3[C@@H](C(=O)NCc4ccccc4)[C@H]4CCC23S4)c1. The predicted octanol–water partition coefficient (Wildman–Crippen LogP) is 4.38. The third-order valence-corrected chi connectivity index (χ3v) is 10.9. The monoisotopic (exact) mass is 569 g/mol. The van der Waals surface area contributed by atoms with Crippen LogP contribution >= 0.6 is 11.8 Å². The Bertz CT molecular complexity index is 1470. The molecule has 1 spiro atoms. The summed E-state index contributed by atoms with van der Waals surface area (Å²) in [5.74, 6) is -1.84. The number of aryl methyl sites for hydroxylation is 2. The Hall–Kier alpha value is -3.62. The van der Waals surface area contributed by atoms with Crippen molar-refractivity contribution in [2.75, 3.05) is 11.9 Å². The molecule has 3 aliphatic heterocycles. The van der Waals surface area contributed by atoms with Crippen molar-refractivity contribution >= 4 is 35.2 Å². The third-order valence-electron chi connectivity index (χ3n) is 8.94. The normalized spacial score (nSPS) is 27.0. The van der Waals surface area contributed by atoms with Gasteiger partial charge in [-0.15, -0.1) is 11.8 Å². The lowest BCUT2D eigenvalue weighted by atomic mass is 9.70. The summed E-state index contributed by atoms with van der Waals surface area (Å²) in [7, 11) is 0. The van der Waals surface area contributed by atoms with E-state index in [0.29, 0.717) is 18.7 Å². The van der Waals surface area contributed by atoms with E-state index in [9.17, 15) is 19.5 Å². The molecule has 2 unspecified atom stereocenters. The highest BCUT2D eigenvalue weighted by Gasteiger charge is 2.74. The molecule has 212 valence electrons. The molecule has 3 fully saturated rings. The Morgan fingerprint density at radius 2 is 1.73 bits per heavy atom. The molecule has 2 bridgehead atoms. The van der Waals surface area contributed by atoms with Gasteiger partial charge < -0.3 is 20.6 Å². The fourth-order valence-electron chi connectivity index (χ4n) is 7.03. The van der Waals surface area contributed by atoms with Gasteiger partial charge in [-0.05, 0) is 55.0 Å². The summed E-state index contributed by atoms with van der Waals surface area (Å²) in [6.07, 6.45) is 1.42. The van der Waals surface area contributed by atoms with Gasteiger partial charge in [0.2, 0.25) is 17.7 Å². The maximum absolute atomic E-state index is 14.5. The van der Waals surface area contributed by atoms with Crippen molar-refractivity contribution in [3.05, 3.63) is 101 Å². The largest absolute Gasteiger partial charge is 0.394 e. The highest BCUT2D eigenvalue weighted by atomic mass is 32.2. The minimum atomic E-state index is -0.834. The van der Waals surface area contributed by atoms with E-state index in [2.05, 4.69) is 10.6 Å². The van der Waals surface area contributed by atoms with E-state index >= 15 is 0 Å². The summed E-state index contributed by atoms with van der Waals surface area (Å²) in [5.41, 5.74) is 4.40. The quantitative estimate of drug-likeness (QED) is 0.374. The van der Waals surface area contributed by atoms with E-state index in [0.717, 1.165) is 28.7 Å². The highest BCUT2D eigenvalue weighted by molar-refractivity contribution is 8.02. The number of thioether (sulfide) groups is 1. The van der Waals surface area contributed by atoms with E-state index in [1.54, 1.807) is 16.7 Å². The first-order valence-electron chi connectivity index (χ1n) is 14.2. The minimum absolute atomic E-state index is 0.0396. The fourth-order valence-corrected chi connectivity index (χ4v) is 9.24. The molecule has 3 aromatic carbocycles. The second-order valence-electron chi connectivity index (χ2n) is 11.4. The Kier molecular flexibility index (Phi) is 7.38. The zero-order valence-corrected chi connectivity index (χ0v) is 24.1. The maximum Gasteiger partial charge on any atom is 0.248 e. The number of hydrogen-bond acceptors (Lipinski definition) is 5. The summed E-state index contributed by atoms with van der Waals surface area (Å²) in [6.45, 7) is 3.96. The lowest BCUT2D eigenvalue weighted by molar-refractivity contribution is -0.142. The van der Waals surface area contributed by atoms with Crippen LogP contribution in [0.25, 0.3) is 0 Å². The van der Waals surface area contributed by atoms with Crippen molar-refractivity contribution in [3.8, 4) is 0 Å². The zero-order valence-electron chi connectivity index (χ0n) is 23.2. The van der Waals surface area contributed by atoms with Crippen molar-refractivity contribution < 1.29 is 19.5 Å². The molecular weight excluding hydrogens is 534 g/mol. The van der Waals surface area contributed by atoms with E-state index in [1.807, 2.05) is 92.7 Å². The molecule has 0 saturated carbocycles. The van der Waals surface area contributed by atoms with Crippen molar-refractivity contribution in [2.24, 2.45) is 11.8 Å². The van der Waals surface area contributed by atoms with Crippen LogP contribution in [0.2, 0.25) is 0 Å². The summed E-state index contributed by atoms with van der Waals surface area (Å²) < 4.78 is -0.749. The van der Waals surface area contributed by atoms with Crippen LogP contribution in [0, 0.1) is 25.7 Å². The van der Waals surface area contributed by atoms with Gasteiger partial charge in [-0.1, -0.05) is 72.8 Å². The number of aliphatic hydroxyl groups is 1. The summed E-state index contributed by atoms with van der Waals surface area (Å²) in [6, 6.07) is 23.4. The van der Waals surface area contributed by atoms with Gasteiger partial charge in [0.05, 0.1) is 29.2 Å². The van der Waals surface area contributed by atoms with Crippen molar-refractivity contribution in [2.45, 2.75) is 55.3 Å². The van der Waals surface area contributed by atoms with Crippen molar-refractivity contribution in [1.29, 1.82) is 0 Å².